The lowest BCUT2D eigenvalue weighted by molar-refractivity contribution is -0.0502. The molecule has 7 nitrogen and oxygen atoms in total. The normalized spacial score (nSPS) is 12.1. The number of hydrogen-bond acceptors (Lipinski definition) is 6. The third kappa shape index (κ3) is 4.07. The van der Waals surface area contributed by atoms with Crippen molar-refractivity contribution in [2.24, 2.45) is 0 Å². The highest BCUT2D eigenvalue weighted by Gasteiger charge is 2.49. The number of ether oxygens (including phenoxy) is 1. The van der Waals surface area contributed by atoms with Crippen molar-refractivity contribution in [1.29, 1.82) is 0 Å². The van der Waals surface area contributed by atoms with Crippen LogP contribution in [0.5, 0.6) is 5.88 Å². The van der Waals surface area contributed by atoms with Gasteiger partial charge in [-0.2, -0.15) is 31.4 Å². The van der Waals surface area contributed by atoms with Gasteiger partial charge < -0.3 is 8.92 Å². The van der Waals surface area contributed by atoms with E-state index in [1.54, 1.807) is 0 Å². The number of hydrogen-bond donors (Lipinski definition) is 0. The Morgan fingerprint density at radius 1 is 1.31 bits per heavy atom. The molecule has 0 aliphatic carbocycles. The Morgan fingerprint density at radius 2 is 1.96 bits per heavy atom. The predicted molar refractivity (Wildman–Crippen MR) is 80.1 cm³/mol. The molecule has 0 atom stereocenters. The van der Waals surface area contributed by atoms with Gasteiger partial charge >= 0.3 is 21.6 Å². The smallest absolute Gasteiger partial charge is 0.461 e. The first kappa shape index (κ1) is 20.0. The van der Waals surface area contributed by atoms with Crippen LogP contribution in [0.15, 0.2) is 24.3 Å². The van der Waals surface area contributed by atoms with Gasteiger partial charge in [0.25, 0.3) is 0 Å². The van der Waals surface area contributed by atoms with Gasteiger partial charge in [-0.25, -0.2) is 9.18 Å². The molecular formula is C13H9ClF4N2O5S. The van der Waals surface area contributed by atoms with Gasteiger partial charge in [0.1, 0.15) is 5.82 Å². The fraction of sp³-hybridized carbons (Fsp3) is 0.231. The Morgan fingerprint density at radius 3 is 2.54 bits per heavy atom. The lowest BCUT2D eigenvalue weighted by atomic mass is 10.3. The first-order valence-corrected chi connectivity index (χ1v) is 8.48. The van der Waals surface area contributed by atoms with E-state index in [4.69, 9.17) is 11.6 Å². The fourth-order valence-corrected chi connectivity index (χ4v) is 2.34. The SMILES string of the molecule is CCOC(=O)c1cc(OS(=O)(=O)C(F)(F)F)n(-c2cc(F)ccc2Cl)n1. The first-order chi connectivity index (χ1) is 12.0. The van der Waals surface area contributed by atoms with Crippen LogP contribution in [0, 0.1) is 5.82 Å². The number of alkyl halides is 3. The van der Waals surface area contributed by atoms with Crippen molar-refractivity contribution in [3.8, 4) is 11.6 Å². The molecule has 142 valence electrons. The number of carbonyl (C=O) groups excluding carboxylic acids is 1. The topological polar surface area (TPSA) is 87.5 Å². The van der Waals surface area contributed by atoms with Gasteiger partial charge in [0.2, 0.25) is 5.88 Å². The number of benzene rings is 1. The standard InChI is InChI=1S/C13H9ClF4N2O5S/c1-2-24-12(21)9-6-11(25-26(22,23)13(16,17)18)20(19-9)10-5-7(15)3-4-8(10)14/h3-6H,2H2,1H3. The molecule has 2 aromatic rings. The average molecular weight is 417 g/mol. The van der Waals surface area contributed by atoms with Crippen LogP contribution in [0.25, 0.3) is 5.69 Å². The molecule has 13 heteroatoms. The molecule has 0 amide bonds. The van der Waals surface area contributed by atoms with Crippen LogP contribution in [0.2, 0.25) is 5.02 Å². The van der Waals surface area contributed by atoms with Crippen molar-refractivity contribution in [2.45, 2.75) is 12.4 Å². The molecule has 0 aliphatic heterocycles. The van der Waals surface area contributed by atoms with Crippen LogP contribution in [0.3, 0.4) is 0 Å². The molecule has 0 saturated heterocycles. The zero-order valence-electron chi connectivity index (χ0n) is 12.8. The number of halogens is 5. The molecular weight excluding hydrogens is 408 g/mol. The van der Waals surface area contributed by atoms with Crippen LogP contribution in [-0.4, -0.2) is 36.3 Å². The van der Waals surface area contributed by atoms with Crippen molar-refractivity contribution in [2.75, 3.05) is 6.61 Å². The predicted octanol–water partition coefficient (Wildman–Crippen LogP) is 3.07. The number of esters is 1. The van der Waals surface area contributed by atoms with Crippen molar-refractivity contribution >= 4 is 27.7 Å². The molecule has 26 heavy (non-hydrogen) atoms. The highest BCUT2D eigenvalue weighted by Crippen LogP contribution is 2.31. The number of nitrogens with zero attached hydrogens (tertiary/aromatic N) is 2. The van der Waals surface area contributed by atoms with Gasteiger partial charge in [-0.3, -0.25) is 0 Å². The molecule has 0 fully saturated rings. The zero-order chi connectivity index (χ0) is 19.7. The minimum atomic E-state index is -6.08. The van der Waals surface area contributed by atoms with Gasteiger partial charge in [0.15, 0.2) is 5.69 Å². The van der Waals surface area contributed by atoms with E-state index in [1.165, 1.54) is 6.92 Å². The number of aromatic nitrogens is 2. The highest BCUT2D eigenvalue weighted by atomic mass is 35.5. The summed E-state index contributed by atoms with van der Waals surface area (Å²) in [7, 11) is -6.08. The van der Waals surface area contributed by atoms with Crippen LogP contribution in [0.4, 0.5) is 17.6 Å². The van der Waals surface area contributed by atoms with Gasteiger partial charge in [0, 0.05) is 12.1 Å². The maximum atomic E-state index is 13.4. The minimum absolute atomic E-state index is 0.0799. The van der Waals surface area contributed by atoms with Crippen molar-refractivity contribution < 1.29 is 39.7 Å². The average Bonchev–Trinajstić information content (AvgIpc) is 2.92. The van der Waals surface area contributed by atoms with Crippen molar-refractivity contribution in [3.63, 3.8) is 0 Å². The second kappa shape index (κ2) is 7.11. The van der Waals surface area contributed by atoms with E-state index in [2.05, 4.69) is 14.0 Å². The summed E-state index contributed by atoms with van der Waals surface area (Å²) in [4.78, 5) is 11.7. The van der Waals surface area contributed by atoms with E-state index < -0.39 is 39.0 Å². The van der Waals surface area contributed by atoms with E-state index in [1.807, 2.05) is 0 Å². The van der Waals surface area contributed by atoms with E-state index in [-0.39, 0.29) is 17.3 Å². The molecule has 0 unspecified atom stereocenters. The highest BCUT2D eigenvalue weighted by molar-refractivity contribution is 7.87. The quantitative estimate of drug-likeness (QED) is 0.322. The Kier molecular flexibility index (Phi) is 5.47. The zero-order valence-corrected chi connectivity index (χ0v) is 14.3. The summed E-state index contributed by atoms with van der Waals surface area (Å²) in [5, 5.41) is 3.41. The monoisotopic (exact) mass is 416 g/mol. The third-order valence-corrected chi connectivity index (χ3v) is 4.05. The van der Waals surface area contributed by atoms with Crippen LogP contribution in [-0.2, 0) is 14.9 Å². The van der Waals surface area contributed by atoms with Gasteiger partial charge in [0.05, 0.1) is 17.3 Å². The molecule has 0 N–H and O–H groups in total. The molecule has 1 aromatic heterocycles. The summed E-state index contributed by atoms with van der Waals surface area (Å²) in [6, 6.07) is 3.37. The Labute approximate surface area is 149 Å². The van der Waals surface area contributed by atoms with Crippen LogP contribution < -0.4 is 4.18 Å². The summed E-state index contributed by atoms with van der Waals surface area (Å²) >= 11 is 5.84. The Bertz CT molecular complexity index is 942. The lowest BCUT2D eigenvalue weighted by Crippen LogP contribution is -2.28. The molecule has 0 spiro atoms. The molecule has 0 bridgehead atoms. The molecule has 2 rings (SSSR count). The summed E-state index contributed by atoms with van der Waals surface area (Å²) in [6.07, 6.45) is 0. The summed E-state index contributed by atoms with van der Waals surface area (Å²) in [5.74, 6) is -2.94. The van der Waals surface area contributed by atoms with Crippen LogP contribution >= 0.6 is 11.6 Å². The van der Waals surface area contributed by atoms with E-state index in [0.29, 0.717) is 10.7 Å². The largest absolute Gasteiger partial charge is 0.534 e. The molecule has 0 aliphatic rings. The molecule has 0 radical (unpaired) electrons. The Balaban J connectivity index is 2.62. The first-order valence-electron chi connectivity index (χ1n) is 6.69. The second-order valence-electron chi connectivity index (χ2n) is 4.58. The van der Waals surface area contributed by atoms with Crippen molar-refractivity contribution in [1.82, 2.24) is 9.78 Å². The summed E-state index contributed by atoms with van der Waals surface area (Å²) < 4.78 is 82.7. The van der Waals surface area contributed by atoms with E-state index in [0.717, 1.165) is 18.2 Å². The minimum Gasteiger partial charge on any atom is -0.461 e. The van der Waals surface area contributed by atoms with Gasteiger partial charge in [-0.1, -0.05) is 11.6 Å². The third-order valence-electron chi connectivity index (χ3n) is 2.78. The maximum absolute atomic E-state index is 13.4. The van der Waals surface area contributed by atoms with E-state index >= 15 is 0 Å². The number of carbonyl (C=O) groups is 1. The molecule has 0 saturated carbocycles. The van der Waals surface area contributed by atoms with Crippen LogP contribution in [0.1, 0.15) is 17.4 Å². The van der Waals surface area contributed by atoms with Gasteiger partial charge in [-0.15, -0.1) is 0 Å². The summed E-state index contributed by atoms with van der Waals surface area (Å²) in [5.41, 5.74) is -6.66. The van der Waals surface area contributed by atoms with E-state index in [9.17, 15) is 30.8 Å². The maximum Gasteiger partial charge on any atom is 0.534 e. The summed E-state index contributed by atoms with van der Waals surface area (Å²) in [6.45, 7) is 1.38. The Hall–Kier alpha value is -2.34. The second-order valence-corrected chi connectivity index (χ2v) is 6.52. The fourth-order valence-electron chi connectivity index (χ4n) is 1.71. The van der Waals surface area contributed by atoms with Gasteiger partial charge in [-0.05, 0) is 19.1 Å². The molecule has 1 aromatic carbocycles. The lowest BCUT2D eigenvalue weighted by Gasteiger charge is -2.11. The molecule has 1 heterocycles. The number of rotatable bonds is 5. The van der Waals surface area contributed by atoms with Crippen molar-refractivity contribution in [3.05, 3.63) is 40.8 Å².